The van der Waals surface area contributed by atoms with Crippen LogP contribution in [0.25, 0.3) is 10.2 Å². The van der Waals surface area contributed by atoms with E-state index in [4.69, 9.17) is 4.74 Å². The van der Waals surface area contributed by atoms with Crippen molar-refractivity contribution in [2.75, 3.05) is 44.7 Å². The van der Waals surface area contributed by atoms with Gasteiger partial charge in [0, 0.05) is 26.2 Å². The number of benzene rings is 1. The molecule has 5 heteroatoms. The fraction of sp³-hybridized carbons (Fsp3) is 0.500. The molecule has 1 aliphatic rings. The molecule has 0 bridgehead atoms. The number of aryl methyl sites for hydroxylation is 1. The summed E-state index contributed by atoms with van der Waals surface area (Å²) in [6.07, 6.45) is 0. The number of aromatic nitrogens is 1. The highest BCUT2D eigenvalue weighted by molar-refractivity contribution is 7.22. The van der Waals surface area contributed by atoms with Crippen molar-refractivity contribution in [2.45, 2.75) is 6.92 Å². The van der Waals surface area contributed by atoms with Gasteiger partial charge in [-0.2, -0.15) is 0 Å². The van der Waals surface area contributed by atoms with Crippen LogP contribution >= 0.6 is 11.3 Å². The second-order valence-corrected chi connectivity index (χ2v) is 5.90. The van der Waals surface area contributed by atoms with Gasteiger partial charge in [0.15, 0.2) is 5.13 Å². The molecule has 0 spiro atoms. The van der Waals surface area contributed by atoms with Crippen molar-refractivity contribution >= 4 is 26.7 Å². The number of nitrogens with zero attached hydrogens (tertiary/aromatic N) is 2. The van der Waals surface area contributed by atoms with Gasteiger partial charge in [-0.25, -0.2) is 4.98 Å². The second kappa shape index (κ2) is 5.86. The lowest BCUT2D eigenvalue weighted by molar-refractivity contribution is 0.0398. The molecule has 0 saturated carbocycles. The van der Waals surface area contributed by atoms with Crippen molar-refractivity contribution in [3.05, 3.63) is 23.8 Å². The normalized spacial score (nSPS) is 16.9. The monoisotopic (exact) mass is 277 g/mol. The van der Waals surface area contributed by atoms with Gasteiger partial charge in [-0.3, -0.25) is 4.90 Å². The van der Waals surface area contributed by atoms with Crippen molar-refractivity contribution in [1.82, 2.24) is 9.88 Å². The Morgan fingerprint density at radius 3 is 3.05 bits per heavy atom. The lowest BCUT2D eigenvalue weighted by atomic mass is 10.2. The van der Waals surface area contributed by atoms with Gasteiger partial charge in [0.25, 0.3) is 0 Å². The molecule has 0 unspecified atom stereocenters. The summed E-state index contributed by atoms with van der Waals surface area (Å²) in [7, 11) is 0. The molecule has 1 aliphatic heterocycles. The van der Waals surface area contributed by atoms with Crippen LogP contribution in [0.15, 0.2) is 18.2 Å². The molecule has 2 aromatic rings. The molecule has 2 heterocycles. The SMILES string of the molecule is Cc1ccc2nc(NCCN3CCOCC3)sc2c1. The predicted molar refractivity (Wildman–Crippen MR) is 80.1 cm³/mol. The molecule has 1 aromatic carbocycles. The van der Waals surface area contributed by atoms with Gasteiger partial charge in [-0.1, -0.05) is 17.4 Å². The van der Waals surface area contributed by atoms with Crippen LogP contribution in [-0.4, -0.2) is 49.3 Å². The molecule has 1 aromatic heterocycles. The molecular weight excluding hydrogens is 258 g/mol. The number of fused-ring (bicyclic) bond motifs is 1. The minimum absolute atomic E-state index is 0.862. The number of morpholine rings is 1. The van der Waals surface area contributed by atoms with Crippen molar-refractivity contribution in [2.24, 2.45) is 0 Å². The first-order chi connectivity index (χ1) is 9.31. The molecule has 0 amide bonds. The van der Waals surface area contributed by atoms with E-state index in [1.165, 1.54) is 10.3 Å². The van der Waals surface area contributed by atoms with E-state index in [2.05, 4.69) is 40.3 Å². The van der Waals surface area contributed by atoms with E-state index in [1.54, 1.807) is 11.3 Å². The Bertz CT molecular complexity index is 549. The van der Waals surface area contributed by atoms with Crippen molar-refractivity contribution < 1.29 is 4.74 Å². The Balaban J connectivity index is 1.56. The molecule has 1 N–H and O–H groups in total. The topological polar surface area (TPSA) is 37.4 Å². The lowest BCUT2D eigenvalue weighted by Crippen LogP contribution is -2.38. The molecular formula is C14H19N3OS. The number of ether oxygens (including phenoxy) is 1. The summed E-state index contributed by atoms with van der Waals surface area (Å²) in [5, 5.41) is 4.45. The zero-order chi connectivity index (χ0) is 13.1. The third kappa shape index (κ3) is 3.23. The molecule has 1 saturated heterocycles. The molecule has 4 nitrogen and oxygen atoms in total. The first kappa shape index (κ1) is 12.8. The minimum atomic E-state index is 0.862. The third-order valence-electron chi connectivity index (χ3n) is 3.35. The van der Waals surface area contributed by atoms with E-state index in [0.717, 1.165) is 50.0 Å². The molecule has 0 atom stereocenters. The Kier molecular flexibility index (Phi) is 3.96. The van der Waals surface area contributed by atoms with Crippen LogP contribution in [-0.2, 0) is 4.74 Å². The van der Waals surface area contributed by atoms with Gasteiger partial charge in [0.05, 0.1) is 23.4 Å². The van der Waals surface area contributed by atoms with Gasteiger partial charge in [-0.05, 0) is 24.6 Å². The van der Waals surface area contributed by atoms with Gasteiger partial charge in [0.1, 0.15) is 0 Å². The maximum Gasteiger partial charge on any atom is 0.183 e. The van der Waals surface area contributed by atoms with Crippen LogP contribution < -0.4 is 5.32 Å². The number of hydrogen-bond acceptors (Lipinski definition) is 5. The van der Waals surface area contributed by atoms with Crippen LogP contribution in [0.2, 0.25) is 0 Å². The van der Waals surface area contributed by atoms with Crippen LogP contribution in [0.1, 0.15) is 5.56 Å². The largest absolute Gasteiger partial charge is 0.379 e. The highest BCUT2D eigenvalue weighted by atomic mass is 32.1. The molecule has 0 radical (unpaired) electrons. The fourth-order valence-electron chi connectivity index (χ4n) is 2.25. The number of nitrogens with one attached hydrogen (secondary N) is 1. The summed E-state index contributed by atoms with van der Waals surface area (Å²) in [6, 6.07) is 6.40. The van der Waals surface area contributed by atoms with E-state index < -0.39 is 0 Å². The zero-order valence-electron chi connectivity index (χ0n) is 11.2. The molecule has 1 fully saturated rings. The van der Waals surface area contributed by atoms with E-state index >= 15 is 0 Å². The molecule has 0 aliphatic carbocycles. The Morgan fingerprint density at radius 1 is 1.37 bits per heavy atom. The number of hydrogen-bond donors (Lipinski definition) is 1. The number of thiazole rings is 1. The predicted octanol–water partition coefficient (Wildman–Crippen LogP) is 2.35. The smallest absolute Gasteiger partial charge is 0.183 e. The molecule has 3 rings (SSSR count). The first-order valence-corrected chi connectivity index (χ1v) is 7.54. The molecule has 19 heavy (non-hydrogen) atoms. The van der Waals surface area contributed by atoms with Gasteiger partial charge >= 0.3 is 0 Å². The quantitative estimate of drug-likeness (QED) is 0.931. The average Bonchev–Trinajstić information content (AvgIpc) is 2.82. The van der Waals surface area contributed by atoms with E-state index in [-0.39, 0.29) is 0 Å². The lowest BCUT2D eigenvalue weighted by Gasteiger charge is -2.26. The second-order valence-electron chi connectivity index (χ2n) is 4.87. The van der Waals surface area contributed by atoms with Gasteiger partial charge in [0.2, 0.25) is 0 Å². The van der Waals surface area contributed by atoms with Crippen LogP contribution in [0.4, 0.5) is 5.13 Å². The van der Waals surface area contributed by atoms with Crippen molar-refractivity contribution in [3.63, 3.8) is 0 Å². The number of anilines is 1. The maximum absolute atomic E-state index is 5.34. The fourth-order valence-corrected chi connectivity index (χ4v) is 3.24. The van der Waals surface area contributed by atoms with Gasteiger partial charge < -0.3 is 10.1 Å². The standard InChI is InChI=1S/C14H19N3OS/c1-11-2-3-12-13(10-11)19-14(16-12)15-4-5-17-6-8-18-9-7-17/h2-3,10H,4-9H2,1H3,(H,15,16). The summed E-state index contributed by atoms with van der Waals surface area (Å²) >= 11 is 1.73. The maximum atomic E-state index is 5.34. The van der Waals surface area contributed by atoms with Gasteiger partial charge in [-0.15, -0.1) is 0 Å². The van der Waals surface area contributed by atoms with Crippen LogP contribution in [0.3, 0.4) is 0 Å². The Hall–Kier alpha value is -1.17. The highest BCUT2D eigenvalue weighted by Crippen LogP contribution is 2.26. The van der Waals surface area contributed by atoms with Crippen molar-refractivity contribution in [1.29, 1.82) is 0 Å². The first-order valence-electron chi connectivity index (χ1n) is 6.72. The summed E-state index contributed by atoms with van der Waals surface area (Å²) in [4.78, 5) is 7.03. The minimum Gasteiger partial charge on any atom is -0.379 e. The summed E-state index contributed by atoms with van der Waals surface area (Å²) in [5.74, 6) is 0. The highest BCUT2D eigenvalue weighted by Gasteiger charge is 2.10. The summed E-state index contributed by atoms with van der Waals surface area (Å²) < 4.78 is 6.60. The molecule has 102 valence electrons. The average molecular weight is 277 g/mol. The number of rotatable bonds is 4. The summed E-state index contributed by atoms with van der Waals surface area (Å²) in [5.41, 5.74) is 2.38. The summed E-state index contributed by atoms with van der Waals surface area (Å²) in [6.45, 7) is 7.92. The van der Waals surface area contributed by atoms with E-state index in [1.807, 2.05) is 0 Å². The Morgan fingerprint density at radius 2 is 2.21 bits per heavy atom. The zero-order valence-corrected chi connectivity index (χ0v) is 12.0. The van der Waals surface area contributed by atoms with Crippen molar-refractivity contribution in [3.8, 4) is 0 Å². The van der Waals surface area contributed by atoms with E-state index in [9.17, 15) is 0 Å². The Labute approximate surface area is 117 Å². The van der Waals surface area contributed by atoms with Crippen LogP contribution in [0, 0.1) is 6.92 Å². The third-order valence-corrected chi connectivity index (χ3v) is 4.33. The van der Waals surface area contributed by atoms with Crippen LogP contribution in [0.5, 0.6) is 0 Å². The van der Waals surface area contributed by atoms with E-state index in [0.29, 0.717) is 0 Å².